The molecule has 2 aromatic carbocycles. The summed E-state index contributed by atoms with van der Waals surface area (Å²) in [4.78, 5) is 54.0. The zero-order valence-electron chi connectivity index (χ0n) is 17.1. The van der Waals surface area contributed by atoms with E-state index in [4.69, 9.17) is 10.8 Å². The molecule has 0 saturated heterocycles. The molecule has 4 rings (SSSR count). The van der Waals surface area contributed by atoms with Crippen molar-refractivity contribution in [1.82, 2.24) is 15.2 Å². The quantitative estimate of drug-likeness (QED) is 0.460. The lowest BCUT2D eigenvalue weighted by atomic mass is 9.94. The van der Waals surface area contributed by atoms with Crippen LogP contribution in [0.5, 0.6) is 0 Å². The van der Waals surface area contributed by atoms with E-state index in [2.05, 4.69) is 10.3 Å². The molecular weight excluding hydrogens is 412 g/mol. The van der Waals surface area contributed by atoms with Crippen LogP contribution < -0.4 is 11.1 Å². The lowest BCUT2D eigenvalue weighted by Crippen LogP contribution is -2.56. The van der Waals surface area contributed by atoms with Crippen molar-refractivity contribution in [3.63, 3.8) is 0 Å². The lowest BCUT2D eigenvalue weighted by molar-refractivity contribution is -0.140. The highest BCUT2D eigenvalue weighted by atomic mass is 16.4. The number of nitrogens with two attached hydrogens (primary N) is 1. The van der Waals surface area contributed by atoms with E-state index in [1.165, 1.54) is 4.90 Å². The van der Waals surface area contributed by atoms with Crippen molar-refractivity contribution >= 4 is 34.6 Å². The number of benzene rings is 2. The van der Waals surface area contributed by atoms with Gasteiger partial charge in [-0.1, -0.05) is 36.4 Å². The number of aliphatic carboxylic acids is 1. The summed E-state index contributed by atoms with van der Waals surface area (Å²) in [6, 6.07) is 13.9. The molecule has 1 aromatic heterocycles. The summed E-state index contributed by atoms with van der Waals surface area (Å²) in [6.45, 7) is 0.163. The Morgan fingerprint density at radius 3 is 2.47 bits per heavy atom. The van der Waals surface area contributed by atoms with Gasteiger partial charge < -0.3 is 26.0 Å². The first-order valence-corrected chi connectivity index (χ1v) is 10.1. The number of hydrogen-bond acceptors (Lipinski definition) is 4. The van der Waals surface area contributed by atoms with Crippen molar-refractivity contribution in [1.29, 1.82) is 0 Å². The molecule has 2 heterocycles. The number of para-hydroxylation sites is 1. The van der Waals surface area contributed by atoms with Gasteiger partial charge in [-0.05, 0) is 23.8 Å². The largest absolute Gasteiger partial charge is 0.481 e. The summed E-state index contributed by atoms with van der Waals surface area (Å²) in [7, 11) is 0. The molecule has 0 bridgehead atoms. The fourth-order valence-corrected chi connectivity index (χ4v) is 4.07. The second kappa shape index (κ2) is 8.54. The van der Waals surface area contributed by atoms with Gasteiger partial charge >= 0.3 is 5.97 Å². The summed E-state index contributed by atoms with van der Waals surface area (Å²) in [5, 5.41) is 12.4. The van der Waals surface area contributed by atoms with Crippen molar-refractivity contribution in [2.75, 3.05) is 0 Å². The maximum absolute atomic E-state index is 13.3. The predicted molar refractivity (Wildman–Crippen MR) is 115 cm³/mol. The van der Waals surface area contributed by atoms with Gasteiger partial charge in [0.1, 0.15) is 12.1 Å². The molecule has 32 heavy (non-hydrogen) atoms. The van der Waals surface area contributed by atoms with Gasteiger partial charge in [-0.3, -0.25) is 19.2 Å². The molecule has 5 N–H and O–H groups in total. The molecule has 3 amide bonds. The molecular formula is C23H22N4O5. The smallest absolute Gasteiger partial charge is 0.305 e. The number of nitrogens with one attached hydrogen (secondary N) is 2. The summed E-state index contributed by atoms with van der Waals surface area (Å²) < 4.78 is 0. The fourth-order valence-electron chi connectivity index (χ4n) is 4.07. The van der Waals surface area contributed by atoms with Crippen molar-refractivity contribution in [3.8, 4) is 0 Å². The normalized spacial score (nSPS) is 16.2. The summed E-state index contributed by atoms with van der Waals surface area (Å²) in [5.74, 6) is -3.20. The number of H-pyrrole nitrogens is 1. The van der Waals surface area contributed by atoms with E-state index in [9.17, 15) is 19.2 Å². The summed E-state index contributed by atoms with van der Waals surface area (Å²) in [5.41, 5.74) is 8.33. The molecule has 9 heteroatoms. The Labute approximate surface area is 183 Å². The highest BCUT2D eigenvalue weighted by molar-refractivity contribution is 5.99. The van der Waals surface area contributed by atoms with Gasteiger partial charge in [0.15, 0.2) is 0 Å². The number of carbonyl (C=O) groups excluding carboxylic acids is 3. The van der Waals surface area contributed by atoms with Crippen LogP contribution >= 0.6 is 0 Å². The first kappa shape index (κ1) is 21.1. The predicted octanol–water partition coefficient (Wildman–Crippen LogP) is 1.18. The molecule has 0 unspecified atom stereocenters. The molecule has 2 atom stereocenters. The van der Waals surface area contributed by atoms with Crippen molar-refractivity contribution in [3.05, 3.63) is 71.4 Å². The second-order valence-electron chi connectivity index (χ2n) is 7.71. The number of amides is 3. The maximum atomic E-state index is 13.3. The first-order chi connectivity index (χ1) is 15.3. The zero-order chi connectivity index (χ0) is 22.8. The molecule has 9 nitrogen and oxygen atoms in total. The molecule has 0 aliphatic carbocycles. The Balaban J connectivity index is 1.70. The average Bonchev–Trinajstić information content (AvgIpc) is 3.15. The van der Waals surface area contributed by atoms with E-state index in [1.807, 2.05) is 24.3 Å². The molecule has 164 valence electrons. The molecule has 0 spiro atoms. The van der Waals surface area contributed by atoms with Crippen molar-refractivity contribution < 1.29 is 24.3 Å². The minimum Gasteiger partial charge on any atom is -0.481 e. The number of carboxylic acid groups (broad SMARTS) is 1. The van der Waals surface area contributed by atoms with Crippen LogP contribution in [0, 0.1) is 0 Å². The van der Waals surface area contributed by atoms with Gasteiger partial charge in [-0.2, -0.15) is 0 Å². The molecule has 0 saturated carbocycles. The first-order valence-electron chi connectivity index (χ1n) is 10.1. The maximum Gasteiger partial charge on any atom is 0.305 e. The van der Waals surface area contributed by atoms with Crippen LogP contribution in [-0.2, 0) is 27.3 Å². The Kier molecular flexibility index (Phi) is 5.63. The number of primary amides is 1. The Hall–Kier alpha value is -4.14. The minimum atomic E-state index is -1.38. The van der Waals surface area contributed by atoms with E-state index in [-0.39, 0.29) is 18.9 Å². The number of aromatic nitrogens is 1. The number of hydrogen-bond donors (Lipinski definition) is 4. The zero-order valence-corrected chi connectivity index (χ0v) is 17.1. The van der Waals surface area contributed by atoms with Crippen LogP contribution in [0.4, 0.5) is 0 Å². The number of aromatic amines is 1. The Morgan fingerprint density at radius 1 is 1.09 bits per heavy atom. The van der Waals surface area contributed by atoms with Gasteiger partial charge in [0.05, 0.1) is 13.0 Å². The average molecular weight is 434 g/mol. The molecule has 0 radical (unpaired) electrons. The molecule has 1 aliphatic heterocycles. The van der Waals surface area contributed by atoms with E-state index < -0.39 is 36.3 Å². The highest BCUT2D eigenvalue weighted by Crippen LogP contribution is 2.31. The van der Waals surface area contributed by atoms with Crippen LogP contribution in [-0.4, -0.2) is 50.8 Å². The Morgan fingerprint density at radius 2 is 1.78 bits per heavy atom. The van der Waals surface area contributed by atoms with Gasteiger partial charge in [-0.15, -0.1) is 0 Å². The number of rotatable bonds is 6. The van der Waals surface area contributed by atoms with E-state index in [0.29, 0.717) is 5.56 Å². The number of carboxylic acids is 1. The lowest BCUT2D eigenvalue weighted by Gasteiger charge is -2.35. The Bertz CT molecular complexity index is 1200. The number of nitrogens with zero attached hydrogens (tertiary/aromatic N) is 1. The van der Waals surface area contributed by atoms with E-state index in [0.717, 1.165) is 22.2 Å². The fraction of sp³-hybridized carbons (Fsp3) is 0.217. The molecule has 0 fully saturated rings. The third-order valence-corrected chi connectivity index (χ3v) is 5.63. The number of carbonyl (C=O) groups is 4. The van der Waals surface area contributed by atoms with Crippen LogP contribution in [0.15, 0.2) is 54.6 Å². The molecule has 1 aliphatic rings. The highest BCUT2D eigenvalue weighted by Gasteiger charge is 2.38. The van der Waals surface area contributed by atoms with Crippen molar-refractivity contribution in [2.45, 2.75) is 31.5 Å². The summed E-state index contributed by atoms with van der Waals surface area (Å²) in [6.07, 6.45) is -0.429. The molecule has 3 aromatic rings. The van der Waals surface area contributed by atoms with E-state index >= 15 is 0 Å². The topological polar surface area (TPSA) is 146 Å². The van der Waals surface area contributed by atoms with Crippen molar-refractivity contribution in [2.24, 2.45) is 5.73 Å². The third kappa shape index (κ3) is 4.04. The van der Waals surface area contributed by atoms with Crippen LogP contribution in [0.25, 0.3) is 10.9 Å². The van der Waals surface area contributed by atoms with Crippen LogP contribution in [0.1, 0.15) is 28.0 Å². The second-order valence-corrected chi connectivity index (χ2v) is 7.71. The van der Waals surface area contributed by atoms with Gasteiger partial charge in [-0.25, -0.2) is 0 Å². The third-order valence-electron chi connectivity index (χ3n) is 5.63. The standard InChI is InChI=1S/C23H22N4O5/c24-21(30)17(11-20(28)29)26-22(31)19-10-15-14-8-4-5-9-16(14)25-18(15)12-27(19)23(32)13-6-2-1-3-7-13/h1-9,17,19,25H,10-12H2,(H2,24,30)(H,26,31)(H,28,29)/t17-,19+/m0/s1. The SMILES string of the molecule is NC(=O)[C@H](CC(=O)O)NC(=O)[C@H]1Cc2c([nH]c3ccccc23)CN1C(=O)c1ccccc1. The van der Waals surface area contributed by atoms with Crippen LogP contribution in [0.2, 0.25) is 0 Å². The van der Waals surface area contributed by atoms with Gasteiger partial charge in [0, 0.05) is 28.6 Å². The van der Waals surface area contributed by atoms with Crippen LogP contribution in [0.3, 0.4) is 0 Å². The van der Waals surface area contributed by atoms with E-state index in [1.54, 1.807) is 30.3 Å². The van der Waals surface area contributed by atoms with Gasteiger partial charge in [0.25, 0.3) is 5.91 Å². The minimum absolute atomic E-state index is 0.163. The van der Waals surface area contributed by atoms with Gasteiger partial charge in [0.2, 0.25) is 11.8 Å². The monoisotopic (exact) mass is 434 g/mol. The number of fused-ring (bicyclic) bond motifs is 3. The summed E-state index contributed by atoms with van der Waals surface area (Å²) >= 11 is 0.